The van der Waals surface area contributed by atoms with Crippen molar-refractivity contribution in [1.82, 2.24) is 0 Å². The largest absolute Gasteiger partial charge is 0.460 e. The SMILES string of the molecule is CC[C@H](N)COC(=O)c1ccccc1. The number of esters is 1. The number of carbonyl (C=O) groups excluding carboxylic acids is 1. The summed E-state index contributed by atoms with van der Waals surface area (Å²) in [5.41, 5.74) is 6.19. The quantitative estimate of drug-likeness (QED) is 0.738. The van der Waals surface area contributed by atoms with Crippen molar-refractivity contribution in [3.05, 3.63) is 35.9 Å². The van der Waals surface area contributed by atoms with Gasteiger partial charge in [-0.2, -0.15) is 0 Å². The second-order valence-electron chi connectivity index (χ2n) is 3.13. The van der Waals surface area contributed by atoms with E-state index in [2.05, 4.69) is 0 Å². The number of carbonyl (C=O) groups is 1. The molecule has 0 aliphatic carbocycles. The highest BCUT2D eigenvalue weighted by Crippen LogP contribution is 2.01. The zero-order chi connectivity index (χ0) is 10.4. The summed E-state index contributed by atoms with van der Waals surface area (Å²) in [7, 11) is 0. The van der Waals surface area contributed by atoms with Gasteiger partial charge in [-0.1, -0.05) is 25.1 Å². The summed E-state index contributed by atoms with van der Waals surface area (Å²) in [5, 5.41) is 0. The van der Waals surface area contributed by atoms with Gasteiger partial charge in [0.25, 0.3) is 0 Å². The summed E-state index contributed by atoms with van der Waals surface area (Å²) in [6, 6.07) is 8.84. The van der Waals surface area contributed by atoms with Crippen molar-refractivity contribution in [3.63, 3.8) is 0 Å². The van der Waals surface area contributed by atoms with Gasteiger partial charge in [0.2, 0.25) is 0 Å². The minimum atomic E-state index is -0.311. The highest BCUT2D eigenvalue weighted by atomic mass is 16.5. The van der Waals surface area contributed by atoms with Gasteiger partial charge in [0.05, 0.1) is 5.56 Å². The van der Waals surface area contributed by atoms with Crippen LogP contribution in [0.5, 0.6) is 0 Å². The average molecular weight is 193 g/mol. The van der Waals surface area contributed by atoms with Gasteiger partial charge in [0.1, 0.15) is 6.61 Å². The molecule has 1 rings (SSSR count). The van der Waals surface area contributed by atoms with Crippen molar-refractivity contribution in [2.75, 3.05) is 6.61 Å². The molecule has 0 heterocycles. The number of nitrogens with two attached hydrogens (primary N) is 1. The molecule has 0 unspecified atom stereocenters. The first-order valence-electron chi connectivity index (χ1n) is 4.71. The van der Waals surface area contributed by atoms with Gasteiger partial charge in [-0.05, 0) is 18.6 Å². The normalized spacial score (nSPS) is 12.1. The van der Waals surface area contributed by atoms with Crippen molar-refractivity contribution in [2.24, 2.45) is 5.73 Å². The third kappa shape index (κ3) is 3.18. The van der Waals surface area contributed by atoms with Gasteiger partial charge in [-0.15, -0.1) is 0 Å². The predicted molar refractivity (Wildman–Crippen MR) is 55.0 cm³/mol. The first-order valence-corrected chi connectivity index (χ1v) is 4.71. The Kier molecular flexibility index (Phi) is 4.13. The van der Waals surface area contributed by atoms with Crippen molar-refractivity contribution >= 4 is 5.97 Å². The van der Waals surface area contributed by atoms with E-state index < -0.39 is 0 Å². The maximum absolute atomic E-state index is 11.4. The first-order chi connectivity index (χ1) is 6.74. The number of benzene rings is 1. The van der Waals surface area contributed by atoms with Crippen molar-refractivity contribution < 1.29 is 9.53 Å². The van der Waals surface area contributed by atoms with E-state index >= 15 is 0 Å². The minimum Gasteiger partial charge on any atom is -0.460 e. The molecule has 0 aliphatic heterocycles. The second kappa shape index (κ2) is 5.40. The predicted octanol–water partition coefficient (Wildman–Crippen LogP) is 1.58. The molecule has 0 aliphatic rings. The molecule has 0 radical (unpaired) electrons. The van der Waals surface area contributed by atoms with Crippen LogP contribution in [-0.4, -0.2) is 18.6 Å². The summed E-state index contributed by atoms with van der Waals surface area (Å²) >= 11 is 0. The van der Waals surface area contributed by atoms with Gasteiger partial charge in [0, 0.05) is 6.04 Å². The van der Waals surface area contributed by atoms with Crippen LogP contribution in [0.15, 0.2) is 30.3 Å². The lowest BCUT2D eigenvalue weighted by molar-refractivity contribution is 0.0480. The molecule has 0 spiro atoms. The summed E-state index contributed by atoms with van der Waals surface area (Å²) in [6.45, 7) is 2.24. The van der Waals surface area contributed by atoms with Crippen LogP contribution in [0.4, 0.5) is 0 Å². The molecule has 0 bridgehead atoms. The third-order valence-corrected chi connectivity index (χ3v) is 1.96. The Morgan fingerprint density at radius 2 is 2.07 bits per heavy atom. The molecule has 0 amide bonds. The Hall–Kier alpha value is -1.35. The molecule has 1 atom stereocenters. The molecule has 1 aromatic carbocycles. The zero-order valence-electron chi connectivity index (χ0n) is 8.27. The van der Waals surface area contributed by atoms with Crippen LogP contribution in [-0.2, 0) is 4.74 Å². The standard InChI is InChI=1S/C11H15NO2/c1-2-10(12)8-14-11(13)9-6-4-3-5-7-9/h3-7,10H,2,8,12H2,1H3/t10-/m0/s1. The Bertz CT molecular complexity index is 285. The van der Waals surface area contributed by atoms with Crippen molar-refractivity contribution in [3.8, 4) is 0 Å². The van der Waals surface area contributed by atoms with Gasteiger partial charge in [0.15, 0.2) is 0 Å². The van der Waals surface area contributed by atoms with E-state index in [0.717, 1.165) is 6.42 Å². The molecule has 1 aromatic rings. The molecule has 0 saturated carbocycles. The monoisotopic (exact) mass is 193 g/mol. The van der Waals surface area contributed by atoms with E-state index in [4.69, 9.17) is 10.5 Å². The van der Waals surface area contributed by atoms with Crippen LogP contribution in [0.2, 0.25) is 0 Å². The van der Waals surface area contributed by atoms with Crippen LogP contribution in [0.25, 0.3) is 0 Å². The molecular weight excluding hydrogens is 178 g/mol. The van der Waals surface area contributed by atoms with Crippen molar-refractivity contribution in [2.45, 2.75) is 19.4 Å². The van der Waals surface area contributed by atoms with E-state index in [-0.39, 0.29) is 18.6 Å². The highest BCUT2D eigenvalue weighted by Gasteiger charge is 2.07. The first kappa shape index (κ1) is 10.7. The summed E-state index contributed by atoms with van der Waals surface area (Å²) in [5.74, 6) is -0.311. The lowest BCUT2D eigenvalue weighted by Crippen LogP contribution is -2.26. The fraction of sp³-hybridized carbons (Fsp3) is 0.364. The van der Waals surface area contributed by atoms with E-state index in [1.807, 2.05) is 13.0 Å². The molecule has 2 N–H and O–H groups in total. The van der Waals surface area contributed by atoms with E-state index in [1.54, 1.807) is 24.3 Å². The van der Waals surface area contributed by atoms with Gasteiger partial charge in [-0.25, -0.2) is 4.79 Å². The van der Waals surface area contributed by atoms with Gasteiger partial charge < -0.3 is 10.5 Å². The summed E-state index contributed by atoms with van der Waals surface area (Å²) in [6.07, 6.45) is 0.808. The molecule has 3 nitrogen and oxygen atoms in total. The van der Waals surface area contributed by atoms with E-state index in [1.165, 1.54) is 0 Å². The van der Waals surface area contributed by atoms with Crippen molar-refractivity contribution in [1.29, 1.82) is 0 Å². The molecule has 76 valence electrons. The highest BCUT2D eigenvalue weighted by molar-refractivity contribution is 5.89. The maximum Gasteiger partial charge on any atom is 0.338 e. The third-order valence-electron chi connectivity index (χ3n) is 1.96. The Morgan fingerprint density at radius 1 is 1.43 bits per heavy atom. The van der Waals surface area contributed by atoms with Crippen LogP contribution < -0.4 is 5.73 Å². The molecule has 0 aromatic heterocycles. The minimum absolute atomic E-state index is 0.0670. The van der Waals surface area contributed by atoms with Crippen LogP contribution in [0.1, 0.15) is 23.7 Å². The van der Waals surface area contributed by atoms with Gasteiger partial charge >= 0.3 is 5.97 Å². The lowest BCUT2D eigenvalue weighted by atomic mass is 10.2. The van der Waals surface area contributed by atoms with E-state index in [0.29, 0.717) is 5.56 Å². The summed E-state index contributed by atoms with van der Waals surface area (Å²) < 4.78 is 5.02. The topological polar surface area (TPSA) is 52.3 Å². The molecular formula is C11H15NO2. The summed E-state index contributed by atoms with van der Waals surface area (Å²) in [4.78, 5) is 11.4. The molecule has 0 fully saturated rings. The number of rotatable bonds is 4. The van der Waals surface area contributed by atoms with Crippen LogP contribution >= 0.6 is 0 Å². The maximum atomic E-state index is 11.4. The number of ether oxygens (including phenoxy) is 1. The van der Waals surface area contributed by atoms with E-state index in [9.17, 15) is 4.79 Å². The Labute approximate surface area is 83.9 Å². The van der Waals surface area contributed by atoms with Crippen LogP contribution in [0, 0.1) is 0 Å². The smallest absolute Gasteiger partial charge is 0.338 e. The lowest BCUT2D eigenvalue weighted by Gasteiger charge is -2.09. The molecule has 0 saturated heterocycles. The van der Waals surface area contributed by atoms with Gasteiger partial charge in [-0.3, -0.25) is 0 Å². The Morgan fingerprint density at radius 3 is 2.64 bits per heavy atom. The Balaban J connectivity index is 2.44. The fourth-order valence-corrected chi connectivity index (χ4v) is 0.958. The average Bonchev–Trinajstić information content (AvgIpc) is 2.26. The fourth-order valence-electron chi connectivity index (χ4n) is 0.958. The molecule has 14 heavy (non-hydrogen) atoms. The number of hydrogen-bond donors (Lipinski definition) is 1. The molecule has 3 heteroatoms. The zero-order valence-corrected chi connectivity index (χ0v) is 8.27. The second-order valence-corrected chi connectivity index (χ2v) is 3.13. The number of hydrogen-bond acceptors (Lipinski definition) is 3. The van der Waals surface area contributed by atoms with Crippen LogP contribution in [0.3, 0.4) is 0 Å².